The molecule has 1 aliphatic rings. The number of hydrogen-bond donors (Lipinski definition) is 2. The number of allylic oxidation sites excluding steroid dienone is 2. The summed E-state index contributed by atoms with van der Waals surface area (Å²) in [5.41, 5.74) is 1.30. The number of aliphatic carboxylic acids is 1. The second-order valence-corrected chi connectivity index (χ2v) is 7.88. The molecule has 184 valence electrons. The summed E-state index contributed by atoms with van der Waals surface area (Å²) < 4.78 is 36.3. The van der Waals surface area contributed by atoms with Crippen LogP contribution in [0.25, 0.3) is 11.2 Å². The van der Waals surface area contributed by atoms with Crippen LogP contribution in [0.3, 0.4) is 0 Å². The van der Waals surface area contributed by atoms with E-state index in [4.69, 9.17) is 21.5 Å². The van der Waals surface area contributed by atoms with Gasteiger partial charge in [0.05, 0.1) is 0 Å². The topological polar surface area (TPSA) is 114 Å². The standard InChI is InChI=1S/C17H25ClN6O2.C2HF3O2/c1-12(2)4-8-23-13-14(20-16(23)22-10-6-19-7-11-22)21(3)17(26)24(9-5-18)15(13)25;3-2(4,5)1(6)7/h4,19H,5-11H2,1-3H3;(H,6,7). The van der Waals surface area contributed by atoms with Crippen molar-refractivity contribution in [3.63, 3.8) is 0 Å². The molecule has 0 atom stereocenters. The number of halogens is 4. The summed E-state index contributed by atoms with van der Waals surface area (Å²) in [7, 11) is 1.65. The van der Waals surface area contributed by atoms with Gasteiger partial charge in [-0.2, -0.15) is 18.2 Å². The molecule has 0 unspecified atom stereocenters. The number of carbonyl (C=O) groups is 1. The summed E-state index contributed by atoms with van der Waals surface area (Å²) in [6.45, 7) is 8.09. The molecule has 0 aromatic carbocycles. The Morgan fingerprint density at radius 3 is 2.27 bits per heavy atom. The van der Waals surface area contributed by atoms with Crippen LogP contribution >= 0.6 is 11.6 Å². The first-order chi connectivity index (χ1) is 15.4. The van der Waals surface area contributed by atoms with Crippen molar-refractivity contribution in [1.29, 1.82) is 0 Å². The quantitative estimate of drug-likeness (QED) is 0.473. The van der Waals surface area contributed by atoms with Crippen LogP contribution in [-0.2, 0) is 24.9 Å². The van der Waals surface area contributed by atoms with Crippen molar-refractivity contribution in [2.24, 2.45) is 7.05 Å². The van der Waals surface area contributed by atoms with E-state index < -0.39 is 12.1 Å². The molecular formula is C19H26ClF3N6O4. The van der Waals surface area contributed by atoms with Gasteiger partial charge >= 0.3 is 17.8 Å². The molecule has 10 nitrogen and oxygen atoms in total. The van der Waals surface area contributed by atoms with Gasteiger partial charge in [-0.3, -0.25) is 13.9 Å². The molecule has 3 heterocycles. The Morgan fingerprint density at radius 1 is 1.21 bits per heavy atom. The van der Waals surface area contributed by atoms with E-state index in [9.17, 15) is 22.8 Å². The lowest BCUT2D eigenvalue weighted by Gasteiger charge is -2.28. The second-order valence-electron chi connectivity index (χ2n) is 7.50. The molecule has 1 aliphatic heterocycles. The first-order valence-corrected chi connectivity index (χ1v) is 10.6. The van der Waals surface area contributed by atoms with Gasteiger partial charge in [-0.1, -0.05) is 11.6 Å². The molecule has 0 amide bonds. The highest BCUT2D eigenvalue weighted by atomic mass is 35.5. The van der Waals surface area contributed by atoms with Crippen molar-refractivity contribution in [1.82, 2.24) is 24.0 Å². The number of aromatic nitrogens is 4. The number of carboxylic acids is 1. The minimum absolute atomic E-state index is 0.180. The average Bonchev–Trinajstić information content (AvgIpc) is 3.14. The maximum absolute atomic E-state index is 13.0. The Labute approximate surface area is 191 Å². The molecule has 0 bridgehead atoms. The minimum Gasteiger partial charge on any atom is -0.475 e. The third kappa shape index (κ3) is 6.16. The summed E-state index contributed by atoms with van der Waals surface area (Å²) in [5.74, 6) is -1.82. The SMILES string of the molecule is CC(C)=CCn1c(N2CCNCC2)nc2c1c(=O)n(CCCl)c(=O)n2C.O=C(O)C(F)(F)F. The van der Waals surface area contributed by atoms with Crippen LogP contribution in [0.5, 0.6) is 0 Å². The van der Waals surface area contributed by atoms with Gasteiger partial charge < -0.3 is 19.9 Å². The van der Waals surface area contributed by atoms with Gasteiger partial charge in [-0.05, 0) is 13.8 Å². The first-order valence-electron chi connectivity index (χ1n) is 10.0. The van der Waals surface area contributed by atoms with Crippen LogP contribution in [0.4, 0.5) is 19.1 Å². The molecule has 14 heteroatoms. The van der Waals surface area contributed by atoms with Gasteiger partial charge in [0.25, 0.3) is 5.56 Å². The molecule has 3 rings (SSSR count). The third-order valence-corrected chi connectivity index (χ3v) is 5.01. The van der Waals surface area contributed by atoms with Crippen LogP contribution in [-0.4, -0.2) is 68.0 Å². The molecule has 2 aromatic rings. The van der Waals surface area contributed by atoms with Gasteiger partial charge in [-0.25, -0.2) is 9.59 Å². The largest absolute Gasteiger partial charge is 0.490 e. The smallest absolute Gasteiger partial charge is 0.475 e. The molecule has 1 fully saturated rings. The summed E-state index contributed by atoms with van der Waals surface area (Å²) >= 11 is 5.80. The predicted octanol–water partition coefficient (Wildman–Crippen LogP) is 1.14. The van der Waals surface area contributed by atoms with E-state index in [2.05, 4.69) is 21.3 Å². The lowest BCUT2D eigenvalue weighted by molar-refractivity contribution is -0.192. The van der Waals surface area contributed by atoms with Crippen molar-refractivity contribution < 1.29 is 23.1 Å². The molecule has 2 N–H and O–H groups in total. The zero-order valence-corrected chi connectivity index (χ0v) is 19.2. The average molecular weight is 495 g/mol. The molecule has 0 spiro atoms. The van der Waals surface area contributed by atoms with Crippen molar-refractivity contribution in [3.05, 3.63) is 32.5 Å². The zero-order valence-electron chi connectivity index (χ0n) is 18.4. The van der Waals surface area contributed by atoms with Crippen LogP contribution in [0.2, 0.25) is 0 Å². The number of carboxylic acid groups (broad SMARTS) is 1. The van der Waals surface area contributed by atoms with Crippen molar-refractivity contribution in [2.75, 3.05) is 37.0 Å². The fraction of sp³-hybridized carbons (Fsp3) is 0.579. The number of anilines is 1. The molecule has 2 aromatic heterocycles. The summed E-state index contributed by atoms with van der Waals surface area (Å²) in [6.07, 6.45) is -3.02. The number of fused-ring (bicyclic) bond motifs is 1. The van der Waals surface area contributed by atoms with Crippen LogP contribution in [0.15, 0.2) is 21.2 Å². The maximum Gasteiger partial charge on any atom is 0.490 e. The number of nitrogens with one attached hydrogen (secondary N) is 1. The van der Waals surface area contributed by atoms with Gasteiger partial charge in [-0.15, -0.1) is 11.6 Å². The van der Waals surface area contributed by atoms with E-state index in [0.717, 1.165) is 37.7 Å². The Balaban J connectivity index is 0.000000479. The number of alkyl halides is 4. The van der Waals surface area contributed by atoms with E-state index in [1.165, 1.54) is 9.13 Å². The van der Waals surface area contributed by atoms with E-state index in [0.29, 0.717) is 17.7 Å². The van der Waals surface area contributed by atoms with E-state index in [1.54, 1.807) is 7.05 Å². The molecular weight excluding hydrogens is 469 g/mol. The Kier molecular flexibility index (Phi) is 8.72. The number of nitrogens with zero attached hydrogens (tertiary/aromatic N) is 5. The van der Waals surface area contributed by atoms with Crippen LogP contribution in [0, 0.1) is 0 Å². The van der Waals surface area contributed by atoms with Gasteiger partial charge in [0, 0.05) is 52.2 Å². The predicted molar refractivity (Wildman–Crippen MR) is 118 cm³/mol. The van der Waals surface area contributed by atoms with Gasteiger partial charge in [0.15, 0.2) is 11.2 Å². The highest BCUT2D eigenvalue weighted by molar-refractivity contribution is 6.17. The van der Waals surface area contributed by atoms with Crippen LogP contribution < -0.4 is 21.5 Å². The first kappa shape index (κ1) is 26.5. The molecule has 1 saturated heterocycles. The Morgan fingerprint density at radius 2 is 1.79 bits per heavy atom. The highest BCUT2D eigenvalue weighted by Crippen LogP contribution is 2.20. The fourth-order valence-corrected chi connectivity index (χ4v) is 3.36. The monoisotopic (exact) mass is 494 g/mol. The number of aryl methyl sites for hydroxylation is 1. The van der Waals surface area contributed by atoms with Crippen molar-refractivity contribution in [2.45, 2.75) is 33.1 Å². The molecule has 0 aliphatic carbocycles. The second kappa shape index (κ2) is 10.9. The summed E-state index contributed by atoms with van der Waals surface area (Å²) in [5, 5.41) is 10.4. The molecule has 33 heavy (non-hydrogen) atoms. The number of piperazine rings is 1. The van der Waals surface area contributed by atoms with Crippen molar-refractivity contribution in [3.8, 4) is 0 Å². The van der Waals surface area contributed by atoms with Gasteiger partial charge in [0.1, 0.15) is 0 Å². The van der Waals surface area contributed by atoms with Crippen LogP contribution in [0.1, 0.15) is 13.8 Å². The highest BCUT2D eigenvalue weighted by Gasteiger charge is 2.38. The van der Waals surface area contributed by atoms with E-state index in [1.807, 2.05) is 18.4 Å². The Hall–Kier alpha value is -2.80. The van der Waals surface area contributed by atoms with Gasteiger partial charge in [0.2, 0.25) is 5.95 Å². The number of imidazole rings is 1. The zero-order chi connectivity index (χ0) is 24.9. The lowest BCUT2D eigenvalue weighted by atomic mass is 10.3. The summed E-state index contributed by atoms with van der Waals surface area (Å²) in [4.78, 5) is 41.3. The van der Waals surface area contributed by atoms with Crippen molar-refractivity contribution >= 4 is 34.7 Å². The Bertz CT molecular complexity index is 1140. The lowest BCUT2D eigenvalue weighted by Crippen LogP contribution is -2.44. The number of hydrogen-bond acceptors (Lipinski definition) is 6. The normalized spacial score (nSPS) is 14.1. The fourth-order valence-electron chi connectivity index (χ4n) is 3.19. The third-order valence-electron chi connectivity index (χ3n) is 4.84. The number of rotatable bonds is 5. The van der Waals surface area contributed by atoms with E-state index >= 15 is 0 Å². The summed E-state index contributed by atoms with van der Waals surface area (Å²) in [6, 6.07) is 0. The molecule has 0 radical (unpaired) electrons. The minimum atomic E-state index is -5.08. The van der Waals surface area contributed by atoms with E-state index in [-0.39, 0.29) is 23.7 Å². The maximum atomic E-state index is 13.0. The molecule has 0 saturated carbocycles.